The maximum atomic E-state index is 11.2. The van der Waals surface area contributed by atoms with Gasteiger partial charge in [0.05, 0.1) is 13.1 Å². The van der Waals surface area contributed by atoms with Crippen LogP contribution in [-0.4, -0.2) is 49.9 Å². The van der Waals surface area contributed by atoms with Gasteiger partial charge < -0.3 is 10.6 Å². The molecule has 0 spiro atoms. The molecule has 0 aliphatic carbocycles. The number of amides is 2. The number of hydrogen-bond acceptors (Lipinski definition) is 3. The van der Waals surface area contributed by atoms with Crippen LogP contribution in [0.3, 0.4) is 0 Å². The Balaban J connectivity index is 3.89. The van der Waals surface area contributed by atoms with Crippen LogP contribution in [0.25, 0.3) is 0 Å². The van der Waals surface area contributed by atoms with Gasteiger partial charge in [-0.2, -0.15) is 0 Å². The van der Waals surface area contributed by atoms with Crippen LogP contribution in [0.4, 0.5) is 0 Å². The summed E-state index contributed by atoms with van der Waals surface area (Å²) in [5.74, 6) is -0.116. The quantitative estimate of drug-likeness (QED) is 0.591. The number of likely N-dealkylation sites (N-methyl/N-ethyl adjacent to an activating group) is 3. The van der Waals surface area contributed by atoms with Crippen molar-refractivity contribution in [3.63, 3.8) is 0 Å². The van der Waals surface area contributed by atoms with E-state index < -0.39 is 0 Å². The fraction of sp³-hybridized carbons (Fsp3) is 0.778. The van der Waals surface area contributed by atoms with Crippen LogP contribution < -0.4 is 10.6 Å². The summed E-state index contributed by atoms with van der Waals surface area (Å²) in [5.41, 5.74) is 0. The Bertz CT molecular complexity index is 194. The summed E-state index contributed by atoms with van der Waals surface area (Å²) < 4.78 is 0. The summed E-state index contributed by atoms with van der Waals surface area (Å²) in [5, 5.41) is 5.21. The Morgan fingerprint density at radius 2 is 1.71 bits per heavy atom. The van der Waals surface area contributed by atoms with Gasteiger partial charge in [0.1, 0.15) is 0 Å². The van der Waals surface area contributed by atoms with Crippen LogP contribution in [0, 0.1) is 0 Å². The van der Waals surface area contributed by atoms with Gasteiger partial charge >= 0.3 is 0 Å². The molecule has 0 aliphatic rings. The zero-order valence-electron chi connectivity index (χ0n) is 9.09. The molecule has 0 heterocycles. The van der Waals surface area contributed by atoms with Crippen molar-refractivity contribution in [2.24, 2.45) is 0 Å². The third kappa shape index (κ3) is 5.53. The van der Waals surface area contributed by atoms with Crippen LogP contribution in [0.1, 0.15) is 13.8 Å². The minimum absolute atomic E-state index is 0.0433. The average Bonchev–Trinajstić information content (AvgIpc) is 2.16. The van der Waals surface area contributed by atoms with Crippen LogP contribution in [0.5, 0.6) is 0 Å². The Kier molecular flexibility index (Phi) is 6.74. The predicted molar refractivity (Wildman–Crippen MR) is 54.9 cm³/mol. The summed E-state index contributed by atoms with van der Waals surface area (Å²) in [7, 11) is 1.59. The molecule has 0 bridgehead atoms. The lowest BCUT2D eigenvalue weighted by molar-refractivity contribution is -0.124. The maximum absolute atomic E-state index is 11.2. The lowest BCUT2D eigenvalue weighted by Crippen LogP contribution is -2.42. The molecule has 0 radical (unpaired) electrons. The van der Waals surface area contributed by atoms with Crippen molar-refractivity contribution in [3.05, 3.63) is 0 Å². The highest BCUT2D eigenvalue weighted by Gasteiger charge is 2.10. The van der Waals surface area contributed by atoms with Crippen molar-refractivity contribution >= 4 is 11.8 Å². The number of carbonyl (C=O) groups excluding carboxylic acids is 2. The lowest BCUT2D eigenvalue weighted by atomic mass is 10.4. The minimum Gasteiger partial charge on any atom is -0.358 e. The maximum Gasteiger partial charge on any atom is 0.234 e. The molecule has 0 aromatic heterocycles. The summed E-state index contributed by atoms with van der Waals surface area (Å²) in [4.78, 5) is 24.0. The topological polar surface area (TPSA) is 61.4 Å². The highest BCUT2D eigenvalue weighted by molar-refractivity contribution is 5.80. The first kappa shape index (κ1) is 12.9. The van der Waals surface area contributed by atoms with Gasteiger partial charge in [0.2, 0.25) is 11.8 Å². The molecule has 0 unspecified atom stereocenters. The van der Waals surface area contributed by atoms with E-state index in [0.717, 1.165) is 0 Å². The molecule has 0 saturated carbocycles. The zero-order valence-corrected chi connectivity index (χ0v) is 9.09. The van der Waals surface area contributed by atoms with Gasteiger partial charge in [-0.25, -0.2) is 0 Å². The smallest absolute Gasteiger partial charge is 0.234 e. The number of rotatable bonds is 6. The number of nitrogens with one attached hydrogen (secondary N) is 2. The van der Waals surface area contributed by atoms with Crippen LogP contribution in [0.15, 0.2) is 0 Å². The Morgan fingerprint density at radius 1 is 1.14 bits per heavy atom. The van der Waals surface area contributed by atoms with Crippen LogP contribution in [-0.2, 0) is 9.59 Å². The van der Waals surface area contributed by atoms with Crippen molar-refractivity contribution in [2.45, 2.75) is 13.8 Å². The first-order chi connectivity index (χ1) is 6.63. The van der Waals surface area contributed by atoms with E-state index in [9.17, 15) is 9.59 Å². The Morgan fingerprint density at radius 3 is 2.14 bits per heavy atom. The molecular formula is C9H19N3O2. The van der Waals surface area contributed by atoms with Gasteiger partial charge in [0.15, 0.2) is 0 Å². The Labute approximate surface area is 84.8 Å². The van der Waals surface area contributed by atoms with Crippen molar-refractivity contribution in [1.29, 1.82) is 0 Å². The lowest BCUT2D eigenvalue weighted by Gasteiger charge is -2.18. The number of hydrogen-bond donors (Lipinski definition) is 2. The fourth-order valence-electron chi connectivity index (χ4n) is 1.02. The molecule has 0 fully saturated rings. The second-order valence-corrected chi connectivity index (χ2v) is 2.93. The van der Waals surface area contributed by atoms with Crippen LogP contribution >= 0.6 is 0 Å². The van der Waals surface area contributed by atoms with E-state index in [1.165, 1.54) is 0 Å². The SMILES string of the molecule is CCNC(=O)CN(CC)CC(=O)NC. The molecule has 2 amide bonds. The predicted octanol–water partition coefficient (Wildman–Crippen LogP) is -0.810. The molecule has 0 aromatic rings. The average molecular weight is 201 g/mol. The van der Waals surface area contributed by atoms with Gasteiger partial charge in [-0.1, -0.05) is 6.92 Å². The highest BCUT2D eigenvalue weighted by Crippen LogP contribution is 1.86. The summed E-state index contributed by atoms with van der Waals surface area (Å²) in [6.07, 6.45) is 0. The second kappa shape index (κ2) is 7.32. The molecule has 2 N–H and O–H groups in total. The van der Waals surface area contributed by atoms with E-state index in [1.54, 1.807) is 11.9 Å². The van der Waals surface area contributed by atoms with Crippen molar-refractivity contribution in [3.8, 4) is 0 Å². The van der Waals surface area contributed by atoms with Crippen molar-refractivity contribution in [1.82, 2.24) is 15.5 Å². The summed E-state index contributed by atoms with van der Waals surface area (Å²) in [6, 6.07) is 0. The molecule has 82 valence electrons. The summed E-state index contributed by atoms with van der Waals surface area (Å²) in [6.45, 7) is 5.64. The molecule has 0 aromatic carbocycles. The third-order valence-corrected chi connectivity index (χ3v) is 1.83. The fourth-order valence-corrected chi connectivity index (χ4v) is 1.02. The van der Waals surface area contributed by atoms with E-state index in [0.29, 0.717) is 13.1 Å². The number of nitrogens with zero attached hydrogens (tertiary/aromatic N) is 1. The molecule has 5 nitrogen and oxygen atoms in total. The standard InChI is InChI=1S/C9H19N3O2/c1-4-11-9(14)7-12(5-2)6-8(13)10-3/h4-7H2,1-3H3,(H,10,13)(H,11,14). The van der Waals surface area contributed by atoms with Gasteiger partial charge in [0.25, 0.3) is 0 Å². The van der Waals surface area contributed by atoms with E-state index in [2.05, 4.69) is 10.6 Å². The molecule has 0 atom stereocenters. The highest BCUT2D eigenvalue weighted by atomic mass is 16.2. The third-order valence-electron chi connectivity index (χ3n) is 1.83. The number of carbonyl (C=O) groups is 2. The van der Waals surface area contributed by atoms with Gasteiger partial charge in [-0.15, -0.1) is 0 Å². The monoisotopic (exact) mass is 201 g/mol. The summed E-state index contributed by atoms with van der Waals surface area (Å²) >= 11 is 0. The van der Waals surface area contributed by atoms with E-state index in [1.807, 2.05) is 13.8 Å². The van der Waals surface area contributed by atoms with E-state index in [-0.39, 0.29) is 24.9 Å². The van der Waals surface area contributed by atoms with Gasteiger partial charge in [0, 0.05) is 13.6 Å². The molecule has 0 aliphatic heterocycles. The minimum atomic E-state index is -0.0730. The largest absolute Gasteiger partial charge is 0.358 e. The van der Waals surface area contributed by atoms with Gasteiger partial charge in [-0.05, 0) is 13.5 Å². The molecule has 5 heteroatoms. The zero-order chi connectivity index (χ0) is 11.0. The van der Waals surface area contributed by atoms with Gasteiger partial charge in [-0.3, -0.25) is 14.5 Å². The van der Waals surface area contributed by atoms with Crippen molar-refractivity contribution in [2.75, 3.05) is 33.2 Å². The first-order valence-corrected chi connectivity index (χ1v) is 4.83. The Hall–Kier alpha value is -1.10. The van der Waals surface area contributed by atoms with E-state index >= 15 is 0 Å². The molecule has 14 heavy (non-hydrogen) atoms. The molecule has 0 rings (SSSR count). The normalized spacial score (nSPS) is 10.0. The van der Waals surface area contributed by atoms with E-state index in [4.69, 9.17) is 0 Å². The molecule has 0 saturated heterocycles. The second-order valence-electron chi connectivity index (χ2n) is 2.93. The first-order valence-electron chi connectivity index (χ1n) is 4.83. The molecular weight excluding hydrogens is 182 g/mol. The van der Waals surface area contributed by atoms with Crippen molar-refractivity contribution < 1.29 is 9.59 Å². The van der Waals surface area contributed by atoms with Crippen LogP contribution in [0.2, 0.25) is 0 Å².